The van der Waals surface area contributed by atoms with Crippen molar-refractivity contribution >= 4 is 23.1 Å². The molecule has 0 amide bonds. The van der Waals surface area contributed by atoms with Crippen molar-refractivity contribution in [2.24, 2.45) is 0 Å². The summed E-state index contributed by atoms with van der Waals surface area (Å²) in [6.45, 7) is -0.718. The van der Waals surface area contributed by atoms with E-state index in [1.807, 2.05) is 0 Å². The van der Waals surface area contributed by atoms with Gasteiger partial charge in [0.25, 0.3) is 0 Å². The fourth-order valence-corrected chi connectivity index (χ4v) is 4.13. The van der Waals surface area contributed by atoms with E-state index in [2.05, 4.69) is 10.6 Å². The highest BCUT2D eigenvalue weighted by Crippen LogP contribution is 2.34. The highest BCUT2D eigenvalue weighted by molar-refractivity contribution is 6.30. The van der Waals surface area contributed by atoms with Crippen LogP contribution >= 0.6 is 0 Å². The van der Waals surface area contributed by atoms with Gasteiger partial charge in [-0.25, -0.2) is 4.39 Å². The number of benzene rings is 2. The smallest absolute Gasteiger partial charge is 0.210 e. The van der Waals surface area contributed by atoms with Crippen molar-refractivity contribution in [1.82, 2.24) is 10.6 Å². The van der Waals surface area contributed by atoms with E-state index >= 15 is 0 Å². The van der Waals surface area contributed by atoms with Crippen molar-refractivity contribution < 1.29 is 33.8 Å². The lowest BCUT2D eigenvalue weighted by Gasteiger charge is -2.26. The molecule has 4 N–H and O–H groups in total. The molecule has 34 heavy (non-hydrogen) atoms. The van der Waals surface area contributed by atoms with Gasteiger partial charge in [0.2, 0.25) is 11.6 Å². The van der Waals surface area contributed by atoms with Crippen molar-refractivity contribution in [3.63, 3.8) is 0 Å². The van der Waals surface area contributed by atoms with Crippen LogP contribution in [0.1, 0.15) is 47.9 Å². The summed E-state index contributed by atoms with van der Waals surface area (Å²) in [5.74, 6) is -2.90. The Balaban J connectivity index is 1.86. The van der Waals surface area contributed by atoms with E-state index in [0.717, 1.165) is 12.1 Å². The Morgan fingerprint density at radius 1 is 0.647 bits per heavy atom. The topological polar surface area (TPSA) is 133 Å². The SMILES string of the molecule is O=C1C(CC2=C(NCCO)C(=O)c3cc(F)ccc3C2=O)=C(NCCO)C(=O)c2ccccc21. The van der Waals surface area contributed by atoms with Crippen molar-refractivity contribution in [2.45, 2.75) is 6.42 Å². The molecular formula is C25H21FN2O6. The van der Waals surface area contributed by atoms with E-state index in [1.54, 1.807) is 12.1 Å². The summed E-state index contributed by atoms with van der Waals surface area (Å²) in [6, 6.07) is 9.48. The van der Waals surface area contributed by atoms with Gasteiger partial charge in [-0.3, -0.25) is 19.2 Å². The van der Waals surface area contributed by atoms with Crippen molar-refractivity contribution in [1.29, 1.82) is 0 Å². The Labute approximate surface area is 193 Å². The van der Waals surface area contributed by atoms with Gasteiger partial charge in [0.15, 0.2) is 11.6 Å². The molecule has 0 bridgehead atoms. The number of aliphatic hydroxyl groups is 2. The van der Waals surface area contributed by atoms with E-state index < -0.39 is 29.0 Å². The number of nitrogens with one attached hydrogen (secondary N) is 2. The molecule has 0 heterocycles. The second kappa shape index (κ2) is 9.50. The molecule has 0 saturated carbocycles. The molecule has 2 aromatic carbocycles. The largest absolute Gasteiger partial charge is 0.395 e. The molecule has 0 radical (unpaired) electrons. The molecule has 2 aliphatic carbocycles. The zero-order valence-electron chi connectivity index (χ0n) is 18.0. The number of aliphatic hydroxyl groups excluding tert-OH is 2. The average Bonchev–Trinajstić information content (AvgIpc) is 2.84. The summed E-state index contributed by atoms with van der Waals surface area (Å²) >= 11 is 0. The van der Waals surface area contributed by atoms with Gasteiger partial charge >= 0.3 is 0 Å². The zero-order chi connectivity index (χ0) is 24.4. The first kappa shape index (κ1) is 23.2. The van der Waals surface area contributed by atoms with Crippen molar-refractivity contribution in [3.8, 4) is 0 Å². The maximum absolute atomic E-state index is 13.8. The van der Waals surface area contributed by atoms with Crippen LogP contribution in [0.4, 0.5) is 4.39 Å². The van der Waals surface area contributed by atoms with E-state index in [9.17, 15) is 33.8 Å². The van der Waals surface area contributed by atoms with Crippen LogP contribution in [0.2, 0.25) is 0 Å². The minimum Gasteiger partial charge on any atom is -0.395 e. The highest BCUT2D eigenvalue weighted by atomic mass is 19.1. The molecule has 8 nitrogen and oxygen atoms in total. The quantitative estimate of drug-likeness (QED) is 0.460. The van der Waals surface area contributed by atoms with Crippen molar-refractivity contribution in [2.75, 3.05) is 26.3 Å². The summed E-state index contributed by atoms with van der Waals surface area (Å²) in [5, 5.41) is 24.0. The maximum Gasteiger partial charge on any atom is 0.210 e. The summed E-state index contributed by atoms with van der Waals surface area (Å²) in [6.07, 6.45) is -0.359. The van der Waals surface area contributed by atoms with Crippen LogP contribution in [0, 0.1) is 5.82 Å². The van der Waals surface area contributed by atoms with Crippen LogP contribution in [0.3, 0.4) is 0 Å². The van der Waals surface area contributed by atoms with Gasteiger partial charge in [-0.15, -0.1) is 0 Å². The number of Topliss-reactive ketones (excluding diaryl/α,β-unsaturated/α-hetero) is 4. The second-order valence-corrected chi connectivity index (χ2v) is 7.74. The molecule has 0 spiro atoms. The molecule has 9 heteroatoms. The van der Waals surface area contributed by atoms with E-state index in [1.165, 1.54) is 18.2 Å². The van der Waals surface area contributed by atoms with E-state index in [-0.39, 0.29) is 77.5 Å². The Hall–Kier alpha value is -3.95. The Bertz CT molecular complexity index is 1290. The van der Waals surface area contributed by atoms with E-state index in [0.29, 0.717) is 0 Å². The molecule has 2 aromatic rings. The normalized spacial score (nSPS) is 15.5. The first-order valence-corrected chi connectivity index (χ1v) is 10.6. The summed E-state index contributed by atoms with van der Waals surface area (Å²) in [7, 11) is 0. The number of allylic oxidation sites excluding steroid dienone is 4. The fourth-order valence-electron chi connectivity index (χ4n) is 4.13. The van der Waals surface area contributed by atoms with E-state index in [4.69, 9.17) is 0 Å². The minimum atomic E-state index is -0.687. The molecule has 174 valence electrons. The van der Waals surface area contributed by atoms with Gasteiger partial charge in [-0.1, -0.05) is 24.3 Å². The fraction of sp³-hybridized carbons (Fsp3) is 0.200. The highest BCUT2D eigenvalue weighted by Gasteiger charge is 2.37. The van der Waals surface area contributed by atoms with Gasteiger partial charge in [0, 0.05) is 52.9 Å². The van der Waals surface area contributed by atoms with Gasteiger partial charge in [0.05, 0.1) is 24.6 Å². The van der Waals surface area contributed by atoms with Gasteiger partial charge in [-0.05, 0) is 18.2 Å². The number of hydrogen-bond acceptors (Lipinski definition) is 8. The van der Waals surface area contributed by atoms with Crippen LogP contribution in [-0.4, -0.2) is 59.6 Å². The predicted molar refractivity (Wildman–Crippen MR) is 119 cm³/mol. The number of carbonyl (C=O) groups is 4. The van der Waals surface area contributed by atoms with Crippen LogP contribution in [0.15, 0.2) is 65.0 Å². The third-order valence-corrected chi connectivity index (χ3v) is 5.67. The monoisotopic (exact) mass is 464 g/mol. The second-order valence-electron chi connectivity index (χ2n) is 7.74. The molecule has 0 saturated heterocycles. The Morgan fingerprint density at radius 2 is 1.12 bits per heavy atom. The molecule has 0 atom stereocenters. The number of hydrogen-bond donors (Lipinski definition) is 4. The molecule has 0 unspecified atom stereocenters. The van der Waals surface area contributed by atoms with Gasteiger partial charge in [-0.2, -0.15) is 0 Å². The molecule has 0 fully saturated rings. The lowest BCUT2D eigenvalue weighted by Crippen LogP contribution is -2.35. The molecule has 2 aliphatic rings. The van der Waals surface area contributed by atoms with Crippen LogP contribution in [0.5, 0.6) is 0 Å². The molecule has 0 aliphatic heterocycles. The third-order valence-electron chi connectivity index (χ3n) is 5.67. The molecular weight excluding hydrogens is 443 g/mol. The number of carbonyl (C=O) groups excluding carboxylic acids is 4. The first-order chi connectivity index (χ1) is 16.4. The molecule has 4 rings (SSSR count). The standard InChI is InChI=1S/C25H21FN2O6/c26-13-5-6-16-17(11-13)25(34)21(28-8-10-30)19(23(16)32)12-18-20(27-7-9-29)24(33)15-4-2-1-3-14(15)22(18)31/h1-6,11,27-30H,7-10,12H2. The third kappa shape index (κ3) is 3.95. The minimum absolute atomic E-state index is 0.0102. The Kier molecular flexibility index (Phi) is 6.49. The lowest BCUT2D eigenvalue weighted by molar-refractivity contribution is 0.0953. The van der Waals surface area contributed by atoms with Crippen LogP contribution < -0.4 is 10.6 Å². The summed E-state index contributed by atoms with van der Waals surface area (Å²) < 4.78 is 13.8. The first-order valence-electron chi connectivity index (χ1n) is 10.6. The summed E-state index contributed by atoms with van der Waals surface area (Å²) in [4.78, 5) is 53.0. The lowest BCUT2D eigenvalue weighted by atomic mass is 9.79. The van der Waals surface area contributed by atoms with Crippen LogP contribution in [-0.2, 0) is 0 Å². The molecule has 0 aromatic heterocycles. The number of ketones is 4. The average molecular weight is 464 g/mol. The van der Waals surface area contributed by atoms with Crippen molar-refractivity contribution in [3.05, 3.63) is 93.1 Å². The Morgan fingerprint density at radius 3 is 1.65 bits per heavy atom. The maximum atomic E-state index is 13.8. The summed E-state index contributed by atoms with van der Waals surface area (Å²) in [5.41, 5.74) is -0.106. The van der Waals surface area contributed by atoms with Gasteiger partial charge in [0.1, 0.15) is 5.82 Å². The predicted octanol–water partition coefficient (Wildman–Crippen LogP) is 1.35. The van der Waals surface area contributed by atoms with Gasteiger partial charge < -0.3 is 20.8 Å². The number of fused-ring (bicyclic) bond motifs is 2. The number of halogens is 1. The zero-order valence-corrected chi connectivity index (χ0v) is 18.0. The number of rotatable bonds is 8. The van der Waals surface area contributed by atoms with Crippen LogP contribution in [0.25, 0.3) is 0 Å².